The van der Waals surface area contributed by atoms with E-state index < -0.39 is 0 Å². The molecule has 0 spiro atoms. The molecule has 0 bridgehead atoms. The molecule has 0 radical (unpaired) electrons. The normalized spacial score (nSPS) is 10.3. The minimum atomic E-state index is 0.156. The average molecular weight is 100 g/mol. The predicted octanol–water partition coefficient (Wildman–Crippen LogP) is 2.40. The van der Waals surface area contributed by atoms with Crippen LogP contribution >= 0.6 is 8.70 Å². The van der Waals surface area contributed by atoms with E-state index in [4.69, 9.17) is 0 Å². The van der Waals surface area contributed by atoms with Gasteiger partial charge in [0.2, 0.25) is 0 Å². The molecule has 0 heterocycles. The van der Waals surface area contributed by atoms with Gasteiger partial charge in [-0.2, -0.15) is 0 Å². The van der Waals surface area contributed by atoms with Gasteiger partial charge in [0.1, 0.15) is 0 Å². The molecule has 1 heteroatoms. The summed E-state index contributed by atoms with van der Waals surface area (Å²) in [7, 11) is 3.85. The van der Waals surface area contributed by atoms with Crippen molar-refractivity contribution in [3.8, 4) is 5.63 Å². The van der Waals surface area contributed by atoms with Crippen LogP contribution in [0.15, 0.2) is 0 Å². The molecule has 0 amide bonds. The van der Waals surface area contributed by atoms with Gasteiger partial charge in [-0.05, 0) is 0 Å². The molecule has 0 N–H and O–H groups in total. The van der Waals surface area contributed by atoms with E-state index in [0.717, 1.165) is 0 Å². The minimum absolute atomic E-state index is 0.156. The Morgan fingerprint density at radius 3 is 1.50 bits per heavy atom. The molecule has 0 unspecified atom stereocenters. The Bertz CT molecular complexity index is 70.9. The maximum atomic E-state index is 3.85. The summed E-state index contributed by atoms with van der Waals surface area (Å²) in [5.74, 6) is 0. The standard InChI is InChI=1S/C5H9P/c1-5(2,3)4-6/h1-3H3. The van der Waals surface area contributed by atoms with Crippen LogP contribution in [0.25, 0.3) is 0 Å². The van der Waals surface area contributed by atoms with Gasteiger partial charge >= 0.3 is 40.5 Å². The van der Waals surface area contributed by atoms with Gasteiger partial charge in [-0.25, -0.2) is 0 Å². The molecule has 0 aromatic rings. The summed E-state index contributed by atoms with van der Waals surface area (Å²) in [5.41, 5.74) is 2.95. The summed E-state index contributed by atoms with van der Waals surface area (Å²) >= 11 is 0. The molecule has 0 aromatic carbocycles. The molecule has 0 aromatic heterocycles. The molecule has 0 rings (SSSR count). The second-order valence-corrected chi connectivity index (χ2v) is 2.59. The van der Waals surface area contributed by atoms with E-state index in [1.165, 1.54) is 0 Å². The summed E-state index contributed by atoms with van der Waals surface area (Å²) in [6.07, 6.45) is 0. The van der Waals surface area contributed by atoms with Crippen molar-refractivity contribution < 1.29 is 0 Å². The zero-order valence-electron chi connectivity index (χ0n) is 4.45. The molecule has 0 atom stereocenters. The predicted molar refractivity (Wildman–Crippen MR) is 30.3 cm³/mol. The Morgan fingerprint density at radius 2 is 1.50 bits per heavy atom. The van der Waals surface area contributed by atoms with E-state index in [1.807, 2.05) is 0 Å². The second kappa shape index (κ2) is 1.78. The summed E-state index contributed by atoms with van der Waals surface area (Å²) in [5, 5.41) is 0. The van der Waals surface area contributed by atoms with Crippen molar-refractivity contribution in [1.82, 2.24) is 0 Å². The van der Waals surface area contributed by atoms with Crippen LogP contribution < -0.4 is 0 Å². The third-order valence-electron chi connectivity index (χ3n) is 0.335. The Kier molecular flexibility index (Phi) is 1.84. The number of rotatable bonds is 0. The molecule has 6 heavy (non-hydrogen) atoms. The van der Waals surface area contributed by atoms with Crippen molar-refractivity contribution in [2.24, 2.45) is 5.41 Å². The first-order chi connectivity index (χ1) is 2.56. The summed E-state index contributed by atoms with van der Waals surface area (Å²) in [6.45, 7) is 6.17. The molecule has 0 aliphatic carbocycles. The van der Waals surface area contributed by atoms with Crippen molar-refractivity contribution in [2.45, 2.75) is 20.8 Å². The van der Waals surface area contributed by atoms with Gasteiger partial charge in [0.25, 0.3) is 0 Å². The van der Waals surface area contributed by atoms with Crippen LogP contribution in [-0.4, -0.2) is 0 Å². The second-order valence-electron chi connectivity index (χ2n) is 2.36. The molecular formula is C5H9P. The monoisotopic (exact) mass is 100 g/mol. The zero-order chi connectivity index (χ0) is 5.21. The molecule has 0 aliphatic heterocycles. The van der Waals surface area contributed by atoms with Gasteiger partial charge < -0.3 is 0 Å². The van der Waals surface area contributed by atoms with Gasteiger partial charge in [0, 0.05) is 0 Å². The SMILES string of the molecule is CC(C)(C)C#P. The summed E-state index contributed by atoms with van der Waals surface area (Å²) < 4.78 is 0. The van der Waals surface area contributed by atoms with E-state index >= 15 is 0 Å². The van der Waals surface area contributed by atoms with Gasteiger partial charge in [-0.3, -0.25) is 0 Å². The Balaban J connectivity index is 3.55. The van der Waals surface area contributed by atoms with Crippen LogP contribution in [0.1, 0.15) is 20.8 Å². The van der Waals surface area contributed by atoms with E-state index in [0.29, 0.717) is 0 Å². The van der Waals surface area contributed by atoms with E-state index in [-0.39, 0.29) is 5.41 Å². The third-order valence-corrected chi connectivity index (χ3v) is 1.01. The van der Waals surface area contributed by atoms with Crippen LogP contribution in [0.3, 0.4) is 0 Å². The first-order valence-corrected chi connectivity index (χ1v) is 2.42. The fraction of sp³-hybridized carbons (Fsp3) is 0.800. The van der Waals surface area contributed by atoms with Crippen LogP contribution in [0.5, 0.6) is 0 Å². The fourth-order valence-electron chi connectivity index (χ4n) is 0. The first-order valence-electron chi connectivity index (χ1n) is 1.97. The Morgan fingerprint density at radius 1 is 1.33 bits per heavy atom. The topological polar surface area (TPSA) is 0 Å². The molecule has 0 aliphatic rings. The van der Waals surface area contributed by atoms with Gasteiger partial charge in [-0.15, -0.1) is 0 Å². The number of hydrogen-bond donors (Lipinski definition) is 0. The van der Waals surface area contributed by atoms with Crippen molar-refractivity contribution in [2.75, 3.05) is 0 Å². The van der Waals surface area contributed by atoms with Crippen LogP contribution in [0.2, 0.25) is 0 Å². The van der Waals surface area contributed by atoms with Crippen LogP contribution in [0.4, 0.5) is 0 Å². The maximum absolute atomic E-state index is 3.85. The van der Waals surface area contributed by atoms with Crippen molar-refractivity contribution in [3.05, 3.63) is 0 Å². The Hall–Kier alpha value is 0.210. The molecule has 0 nitrogen and oxygen atoms in total. The zero-order valence-corrected chi connectivity index (χ0v) is 5.34. The molecule has 0 saturated carbocycles. The van der Waals surface area contributed by atoms with Gasteiger partial charge in [0.05, 0.1) is 0 Å². The molecule has 0 fully saturated rings. The van der Waals surface area contributed by atoms with Crippen molar-refractivity contribution >= 4 is 8.70 Å². The summed E-state index contributed by atoms with van der Waals surface area (Å²) in [4.78, 5) is 0. The van der Waals surface area contributed by atoms with Crippen molar-refractivity contribution in [3.63, 3.8) is 0 Å². The van der Waals surface area contributed by atoms with E-state index in [2.05, 4.69) is 35.1 Å². The number of hydrogen-bond acceptors (Lipinski definition) is 0. The van der Waals surface area contributed by atoms with Crippen LogP contribution in [0, 0.1) is 11.0 Å². The van der Waals surface area contributed by atoms with Gasteiger partial charge in [-0.1, -0.05) is 0 Å². The summed E-state index contributed by atoms with van der Waals surface area (Å²) in [6, 6.07) is 0. The molecule has 0 saturated heterocycles. The van der Waals surface area contributed by atoms with Crippen molar-refractivity contribution in [1.29, 1.82) is 0 Å². The molecule has 34 valence electrons. The fourth-order valence-corrected chi connectivity index (χ4v) is 0. The quantitative estimate of drug-likeness (QED) is 0.410. The Labute approximate surface area is 41.4 Å². The van der Waals surface area contributed by atoms with E-state index in [9.17, 15) is 0 Å². The third kappa shape index (κ3) is 4.21. The van der Waals surface area contributed by atoms with Crippen LogP contribution in [-0.2, 0) is 0 Å². The average Bonchev–Trinajstić information content (AvgIpc) is 1.35. The van der Waals surface area contributed by atoms with Gasteiger partial charge in [0.15, 0.2) is 0 Å². The first kappa shape index (κ1) is 6.21. The van der Waals surface area contributed by atoms with E-state index in [1.54, 1.807) is 0 Å². The molecular weight excluding hydrogens is 91.0 g/mol.